The predicted molar refractivity (Wildman–Crippen MR) is 101 cm³/mol. The van der Waals surface area contributed by atoms with Crippen LogP contribution in [0.25, 0.3) is 11.0 Å². The van der Waals surface area contributed by atoms with Crippen molar-refractivity contribution in [3.05, 3.63) is 40.2 Å². The average molecular weight is 424 g/mol. The normalized spacial score (nSPS) is 33.1. The standard InChI is InChI=1S/C20H24O10/c1-20(26,8-27-19-18(25)17(24)16(23)13(7-21)30-19)14-5-10-4-9-2-3-15(22)29-11(9)6-12(10)28-14/h2-4,6,13-14,16-19,21,23-26H,5,7-8H2,1H3. The van der Waals surface area contributed by atoms with Crippen LogP contribution in [0.2, 0.25) is 0 Å². The first kappa shape index (κ1) is 21.2. The molecular weight excluding hydrogens is 400 g/mol. The maximum Gasteiger partial charge on any atom is 0.336 e. The van der Waals surface area contributed by atoms with Crippen molar-refractivity contribution in [2.45, 2.75) is 55.8 Å². The van der Waals surface area contributed by atoms with Crippen molar-refractivity contribution in [2.75, 3.05) is 13.2 Å². The van der Waals surface area contributed by atoms with Gasteiger partial charge >= 0.3 is 5.63 Å². The van der Waals surface area contributed by atoms with Crippen molar-refractivity contribution in [2.24, 2.45) is 0 Å². The molecule has 10 heteroatoms. The molecule has 1 fully saturated rings. The number of hydrogen-bond acceptors (Lipinski definition) is 10. The smallest absolute Gasteiger partial charge is 0.336 e. The van der Waals surface area contributed by atoms with Crippen LogP contribution in [0.1, 0.15) is 12.5 Å². The van der Waals surface area contributed by atoms with E-state index in [1.165, 1.54) is 13.0 Å². The van der Waals surface area contributed by atoms with E-state index in [0.29, 0.717) is 17.8 Å². The first-order valence-electron chi connectivity index (χ1n) is 9.57. The Morgan fingerprint density at radius 2 is 1.93 bits per heavy atom. The number of fused-ring (bicyclic) bond motifs is 2. The highest BCUT2D eigenvalue weighted by molar-refractivity contribution is 5.79. The number of aliphatic hydroxyl groups is 5. The molecule has 2 aliphatic rings. The third kappa shape index (κ3) is 3.83. The summed E-state index contributed by atoms with van der Waals surface area (Å²) in [6.45, 7) is 0.599. The van der Waals surface area contributed by atoms with Crippen LogP contribution in [-0.2, 0) is 15.9 Å². The van der Waals surface area contributed by atoms with Crippen LogP contribution < -0.4 is 10.4 Å². The van der Waals surface area contributed by atoms with E-state index in [-0.39, 0.29) is 6.61 Å². The predicted octanol–water partition coefficient (Wildman–Crippen LogP) is -1.34. The van der Waals surface area contributed by atoms with Gasteiger partial charge in [-0.15, -0.1) is 0 Å². The van der Waals surface area contributed by atoms with Crippen molar-refractivity contribution in [1.29, 1.82) is 0 Å². The molecule has 2 aliphatic heterocycles. The number of benzene rings is 1. The Hall–Kier alpha value is -2.05. The molecule has 4 rings (SSSR count). The lowest BCUT2D eigenvalue weighted by Gasteiger charge is -2.40. The van der Waals surface area contributed by atoms with E-state index < -0.39 is 54.6 Å². The highest BCUT2D eigenvalue weighted by atomic mass is 16.7. The lowest BCUT2D eigenvalue weighted by molar-refractivity contribution is -0.310. The quantitative estimate of drug-likeness (QED) is 0.364. The molecule has 7 unspecified atom stereocenters. The van der Waals surface area contributed by atoms with E-state index in [1.807, 2.05) is 6.07 Å². The van der Waals surface area contributed by atoms with Gasteiger partial charge < -0.3 is 44.2 Å². The average Bonchev–Trinajstić information content (AvgIpc) is 3.13. The van der Waals surface area contributed by atoms with Gasteiger partial charge in [0.15, 0.2) is 6.29 Å². The zero-order valence-electron chi connectivity index (χ0n) is 16.2. The van der Waals surface area contributed by atoms with Crippen LogP contribution in [0.3, 0.4) is 0 Å². The van der Waals surface area contributed by atoms with E-state index in [2.05, 4.69) is 0 Å². The topological polar surface area (TPSA) is 159 Å². The fourth-order valence-corrected chi connectivity index (χ4v) is 3.70. The first-order chi connectivity index (χ1) is 14.2. The Morgan fingerprint density at radius 3 is 2.67 bits per heavy atom. The minimum atomic E-state index is -1.57. The maximum atomic E-state index is 11.4. The summed E-state index contributed by atoms with van der Waals surface area (Å²) in [7, 11) is 0. The Balaban J connectivity index is 1.45. The Kier molecular flexibility index (Phi) is 5.58. The van der Waals surface area contributed by atoms with Gasteiger partial charge in [0.05, 0.1) is 13.2 Å². The summed E-state index contributed by atoms with van der Waals surface area (Å²) in [5, 5.41) is 50.6. The molecule has 1 aromatic heterocycles. The number of aliphatic hydroxyl groups excluding tert-OH is 4. The Morgan fingerprint density at radius 1 is 1.17 bits per heavy atom. The molecule has 164 valence electrons. The highest BCUT2D eigenvalue weighted by Gasteiger charge is 2.46. The van der Waals surface area contributed by atoms with E-state index in [4.69, 9.17) is 18.6 Å². The van der Waals surface area contributed by atoms with Crippen molar-refractivity contribution >= 4 is 11.0 Å². The second kappa shape index (κ2) is 7.89. The molecule has 0 radical (unpaired) electrons. The number of hydrogen-bond donors (Lipinski definition) is 5. The Bertz CT molecular complexity index is 968. The molecule has 10 nitrogen and oxygen atoms in total. The number of rotatable bonds is 5. The summed E-state index contributed by atoms with van der Waals surface area (Å²) < 4.78 is 21.8. The summed E-state index contributed by atoms with van der Waals surface area (Å²) >= 11 is 0. The largest absolute Gasteiger partial charge is 0.487 e. The lowest BCUT2D eigenvalue weighted by Crippen LogP contribution is -2.60. The van der Waals surface area contributed by atoms with E-state index in [9.17, 15) is 30.3 Å². The van der Waals surface area contributed by atoms with Crippen LogP contribution in [0.5, 0.6) is 5.75 Å². The molecule has 5 N–H and O–H groups in total. The summed E-state index contributed by atoms with van der Waals surface area (Å²) in [6.07, 6.45) is -7.41. The zero-order valence-corrected chi connectivity index (χ0v) is 16.2. The molecule has 7 atom stereocenters. The van der Waals surface area contributed by atoms with Crippen molar-refractivity contribution < 1.29 is 44.2 Å². The first-order valence-corrected chi connectivity index (χ1v) is 9.57. The molecule has 3 heterocycles. The molecule has 0 bridgehead atoms. The molecule has 0 saturated carbocycles. The van der Waals surface area contributed by atoms with Gasteiger partial charge in [0, 0.05) is 23.9 Å². The third-order valence-electron chi connectivity index (χ3n) is 5.56. The Labute approximate surface area is 170 Å². The molecule has 0 aliphatic carbocycles. The van der Waals surface area contributed by atoms with Crippen molar-refractivity contribution in [1.82, 2.24) is 0 Å². The zero-order chi connectivity index (χ0) is 21.6. The monoisotopic (exact) mass is 424 g/mol. The van der Waals surface area contributed by atoms with Crippen LogP contribution in [0, 0.1) is 0 Å². The van der Waals surface area contributed by atoms with Crippen LogP contribution >= 0.6 is 0 Å². The summed E-state index contributed by atoms with van der Waals surface area (Å²) in [5.41, 5.74) is -0.782. The van der Waals surface area contributed by atoms with Crippen LogP contribution in [-0.4, -0.2) is 81.2 Å². The number of ether oxygens (including phenoxy) is 3. The van der Waals surface area contributed by atoms with Crippen molar-refractivity contribution in [3.63, 3.8) is 0 Å². The summed E-state index contributed by atoms with van der Waals surface area (Å²) in [4.78, 5) is 11.4. The summed E-state index contributed by atoms with van der Waals surface area (Å²) in [6, 6.07) is 6.39. The van der Waals surface area contributed by atoms with Gasteiger partial charge in [-0.2, -0.15) is 0 Å². The molecular formula is C20H24O10. The fourth-order valence-electron chi connectivity index (χ4n) is 3.70. The van der Waals surface area contributed by atoms with E-state index in [0.717, 1.165) is 10.9 Å². The second-order valence-electron chi connectivity index (χ2n) is 7.93. The fraction of sp³-hybridized carbons (Fsp3) is 0.550. The van der Waals surface area contributed by atoms with Gasteiger partial charge in [0.25, 0.3) is 0 Å². The lowest BCUT2D eigenvalue weighted by atomic mass is 9.95. The SMILES string of the molecule is CC(O)(COC1OC(CO)C(O)C(O)C1O)C1Cc2cc3ccc(=O)oc3cc2O1. The third-order valence-corrected chi connectivity index (χ3v) is 5.56. The molecule has 0 spiro atoms. The molecule has 0 amide bonds. The molecule has 30 heavy (non-hydrogen) atoms. The van der Waals surface area contributed by atoms with Crippen LogP contribution in [0.4, 0.5) is 0 Å². The van der Waals surface area contributed by atoms with E-state index >= 15 is 0 Å². The second-order valence-corrected chi connectivity index (χ2v) is 7.93. The molecule has 1 aromatic carbocycles. The summed E-state index contributed by atoms with van der Waals surface area (Å²) in [5.74, 6) is 0.481. The highest BCUT2D eigenvalue weighted by Crippen LogP contribution is 2.36. The minimum Gasteiger partial charge on any atom is -0.487 e. The van der Waals surface area contributed by atoms with Gasteiger partial charge in [0.1, 0.15) is 47.5 Å². The van der Waals surface area contributed by atoms with Gasteiger partial charge in [0.2, 0.25) is 0 Å². The van der Waals surface area contributed by atoms with Gasteiger partial charge in [-0.25, -0.2) is 4.79 Å². The molecule has 2 aromatic rings. The molecule has 1 saturated heterocycles. The van der Waals surface area contributed by atoms with Gasteiger partial charge in [-0.1, -0.05) is 0 Å². The maximum absolute atomic E-state index is 11.4. The van der Waals surface area contributed by atoms with Crippen LogP contribution in [0.15, 0.2) is 33.5 Å². The van der Waals surface area contributed by atoms with Gasteiger partial charge in [-0.3, -0.25) is 0 Å². The van der Waals surface area contributed by atoms with Gasteiger partial charge in [-0.05, 0) is 24.6 Å². The minimum absolute atomic E-state index is 0.317. The van der Waals surface area contributed by atoms with E-state index in [1.54, 1.807) is 12.1 Å². The van der Waals surface area contributed by atoms with Crippen molar-refractivity contribution in [3.8, 4) is 5.75 Å².